The van der Waals surface area contributed by atoms with Crippen LogP contribution in [0, 0.1) is 13.8 Å². The Morgan fingerprint density at radius 2 is 1.83 bits per heavy atom. The minimum absolute atomic E-state index is 0.556. The number of ether oxygens (including phenoxy) is 2. The number of hydrogen-bond acceptors (Lipinski definition) is 7. The summed E-state index contributed by atoms with van der Waals surface area (Å²) in [4.78, 5) is 11.2. The highest BCUT2D eigenvalue weighted by atomic mass is 32.2. The minimum atomic E-state index is 0.556. The highest BCUT2D eigenvalue weighted by molar-refractivity contribution is 7.99. The number of rotatable bonds is 6. The van der Waals surface area contributed by atoms with Gasteiger partial charge in [-0.1, -0.05) is 11.8 Å². The third kappa shape index (κ3) is 3.57. The monoisotopic (exact) mass is 361 g/mol. The Morgan fingerprint density at radius 3 is 2.54 bits per heavy atom. The third-order valence-corrected chi connectivity index (χ3v) is 5.59. The van der Waals surface area contributed by atoms with Gasteiger partial charge in [0.05, 0.1) is 19.1 Å². The number of nitrogen functional groups attached to an aromatic ring is 1. The predicted octanol–water partition coefficient (Wildman–Crippen LogP) is 4.07. The first kappa shape index (κ1) is 16.9. The van der Waals surface area contributed by atoms with Crippen molar-refractivity contribution >= 4 is 39.1 Å². The van der Waals surface area contributed by atoms with Gasteiger partial charge in [0.1, 0.15) is 22.1 Å². The number of anilines is 1. The van der Waals surface area contributed by atoms with Crippen LogP contribution in [0.2, 0.25) is 0 Å². The number of hydrogen-bond donors (Lipinski definition) is 1. The molecule has 7 heteroatoms. The molecule has 3 aromatic rings. The minimum Gasteiger partial charge on any atom is -0.497 e. The van der Waals surface area contributed by atoms with Crippen LogP contribution in [0.25, 0.3) is 10.2 Å². The average Bonchev–Trinajstić information content (AvgIpc) is 2.87. The smallest absolute Gasteiger partial charge is 0.191 e. The number of benzene rings is 1. The number of aryl methyl sites for hydroxylation is 2. The Hall–Kier alpha value is -1.99. The lowest BCUT2D eigenvalue weighted by Crippen LogP contribution is -2.02. The molecule has 0 atom stereocenters. The van der Waals surface area contributed by atoms with Crippen molar-refractivity contribution in [2.45, 2.75) is 19.0 Å². The summed E-state index contributed by atoms with van der Waals surface area (Å²) in [7, 11) is 1.64. The Labute approximate surface area is 149 Å². The second kappa shape index (κ2) is 7.27. The first-order valence-electron chi connectivity index (χ1n) is 7.51. The van der Waals surface area contributed by atoms with Gasteiger partial charge >= 0.3 is 0 Å². The van der Waals surface area contributed by atoms with E-state index in [0.717, 1.165) is 27.5 Å². The number of aromatic nitrogens is 2. The number of nitrogens with zero attached hydrogens (tertiary/aromatic N) is 2. The van der Waals surface area contributed by atoms with Gasteiger partial charge in [-0.3, -0.25) is 0 Å². The fraction of sp³-hybridized carbons (Fsp3) is 0.294. The molecule has 0 radical (unpaired) electrons. The van der Waals surface area contributed by atoms with Crippen LogP contribution in [0.1, 0.15) is 10.4 Å². The Balaban J connectivity index is 1.59. The maximum atomic E-state index is 6.09. The number of nitrogens with two attached hydrogens (primary N) is 1. The topological polar surface area (TPSA) is 70.3 Å². The van der Waals surface area contributed by atoms with Gasteiger partial charge in [0, 0.05) is 10.6 Å². The van der Waals surface area contributed by atoms with E-state index in [4.69, 9.17) is 15.2 Å². The van der Waals surface area contributed by atoms with E-state index in [1.54, 1.807) is 30.2 Å². The molecule has 0 saturated carbocycles. The van der Waals surface area contributed by atoms with Gasteiger partial charge in [0.25, 0.3) is 0 Å². The van der Waals surface area contributed by atoms with Crippen LogP contribution >= 0.6 is 23.1 Å². The fourth-order valence-electron chi connectivity index (χ4n) is 2.29. The van der Waals surface area contributed by atoms with E-state index in [-0.39, 0.29) is 0 Å². The Morgan fingerprint density at radius 1 is 1.12 bits per heavy atom. The van der Waals surface area contributed by atoms with Crippen molar-refractivity contribution in [3.8, 4) is 11.5 Å². The van der Waals surface area contributed by atoms with Crippen LogP contribution in [-0.2, 0) is 0 Å². The van der Waals surface area contributed by atoms with E-state index in [2.05, 4.69) is 23.8 Å². The van der Waals surface area contributed by atoms with Gasteiger partial charge in [-0.05, 0) is 43.7 Å². The zero-order valence-electron chi connectivity index (χ0n) is 13.8. The average molecular weight is 361 g/mol. The molecule has 0 amide bonds. The zero-order valence-corrected chi connectivity index (χ0v) is 15.5. The first-order chi connectivity index (χ1) is 11.6. The van der Waals surface area contributed by atoms with Crippen LogP contribution < -0.4 is 15.2 Å². The molecule has 0 unspecified atom stereocenters. The summed E-state index contributed by atoms with van der Waals surface area (Å²) >= 11 is 3.21. The number of fused-ring (bicyclic) bond motifs is 1. The Bertz CT molecular complexity index is 847. The van der Waals surface area contributed by atoms with Crippen LogP contribution in [0.4, 0.5) is 5.82 Å². The van der Waals surface area contributed by atoms with Crippen molar-refractivity contribution in [1.29, 1.82) is 0 Å². The fourth-order valence-corrected chi connectivity index (χ4v) is 4.05. The summed E-state index contributed by atoms with van der Waals surface area (Å²) in [5.74, 6) is 2.94. The van der Waals surface area contributed by atoms with Crippen molar-refractivity contribution < 1.29 is 9.47 Å². The molecule has 0 saturated heterocycles. The maximum Gasteiger partial charge on any atom is 0.191 e. The van der Waals surface area contributed by atoms with Crippen molar-refractivity contribution in [1.82, 2.24) is 9.97 Å². The van der Waals surface area contributed by atoms with Crippen LogP contribution in [0.5, 0.6) is 11.5 Å². The van der Waals surface area contributed by atoms with Crippen LogP contribution in [0.15, 0.2) is 29.4 Å². The van der Waals surface area contributed by atoms with Gasteiger partial charge in [-0.25, -0.2) is 9.97 Å². The summed E-state index contributed by atoms with van der Waals surface area (Å²) in [6, 6.07) is 7.53. The van der Waals surface area contributed by atoms with Gasteiger partial charge in [-0.2, -0.15) is 0 Å². The molecule has 0 aliphatic heterocycles. The normalized spacial score (nSPS) is 11.0. The largest absolute Gasteiger partial charge is 0.497 e. The van der Waals surface area contributed by atoms with Crippen molar-refractivity contribution in [3.05, 3.63) is 34.7 Å². The van der Waals surface area contributed by atoms with E-state index < -0.39 is 0 Å². The summed E-state index contributed by atoms with van der Waals surface area (Å²) in [6.45, 7) is 4.71. The molecule has 3 rings (SSSR count). The molecule has 0 aliphatic carbocycles. The highest BCUT2D eigenvalue weighted by Gasteiger charge is 2.12. The molecular formula is C17H19N3O2S2. The van der Waals surface area contributed by atoms with Crippen LogP contribution in [-0.4, -0.2) is 29.4 Å². The molecule has 0 spiro atoms. The molecular weight excluding hydrogens is 342 g/mol. The van der Waals surface area contributed by atoms with Crippen molar-refractivity contribution in [3.63, 3.8) is 0 Å². The Kier molecular flexibility index (Phi) is 5.11. The quantitative estimate of drug-likeness (QED) is 0.405. The second-order valence-corrected chi connectivity index (χ2v) is 7.49. The number of thiophene rings is 1. The molecule has 2 heterocycles. The van der Waals surface area contributed by atoms with E-state index in [9.17, 15) is 0 Å². The van der Waals surface area contributed by atoms with Crippen molar-refractivity contribution in [2.24, 2.45) is 0 Å². The van der Waals surface area contributed by atoms with Gasteiger partial charge in [0.2, 0.25) is 0 Å². The summed E-state index contributed by atoms with van der Waals surface area (Å²) in [5.41, 5.74) is 7.27. The van der Waals surface area contributed by atoms with E-state index >= 15 is 0 Å². The van der Waals surface area contributed by atoms with Gasteiger partial charge in [0.15, 0.2) is 5.16 Å². The van der Waals surface area contributed by atoms with Gasteiger partial charge in [-0.15, -0.1) is 11.3 Å². The van der Waals surface area contributed by atoms with E-state index in [1.165, 1.54) is 10.4 Å². The van der Waals surface area contributed by atoms with E-state index in [1.807, 2.05) is 24.3 Å². The first-order valence-corrected chi connectivity index (χ1v) is 9.31. The molecule has 1 aromatic carbocycles. The molecule has 126 valence electrons. The zero-order chi connectivity index (χ0) is 17.1. The molecule has 2 N–H and O–H groups in total. The van der Waals surface area contributed by atoms with Crippen molar-refractivity contribution in [2.75, 3.05) is 25.2 Å². The summed E-state index contributed by atoms with van der Waals surface area (Å²) in [6.07, 6.45) is 0. The molecule has 2 aromatic heterocycles. The SMILES string of the molecule is COc1ccc(OCCSc2nc(N)c3c(C)c(C)sc3n2)cc1. The van der Waals surface area contributed by atoms with Crippen LogP contribution in [0.3, 0.4) is 0 Å². The second-order valence-electron chi connectivity index (χ2n) is 5.23. The lowest BCUT2D eigenvalue weighted by molar-refractivity contribution is 0.342. The van der Waals surface area contributed by atoms with E-state index in [0.29, 0.717) is 17.6 Å². The molecule has 5 nitrogen and oxygen atoms in total. The number of methoxy groups -OCH3 is 1. The molecule has 0 aliphatic rings. The molecule has 24 heavy (non-hydrogen) atoms. The molecule has 0 bridgehead atoms. The highest BCUT2D eigenvalue weighted by Crippen LogP contribution is 2.33. The summed E-state index contributed by atoms with van der Waals surface area (Å²) in [5, 5.41) is 1.68. The lowest BCUT2D eigenvalue weighted by atomic mass is 10.2. The lowest BCUT2D eigenvalue weighted by Gasteiger charge is -2.07. The standard InChI is InChI=1S/C17H19N3O2S2/c1-10-11(2)24-16-14(10)15(18)19-17(20-16)23-9-8-22-13-6-4-12(21-3)5-7-13/h4-7H,8-9H2,1-3H3,(H2,18,19,20). The summed E-state index contributed by atoms with van der Waals surface area (Å²) < 4.78 is 10.8. The third-order valence-electron chi connectivity index (χ3n) is 3.68. The number of thioether (sulfide) groups is 1. The molecule has 0 fully saturated rings. The maximum absolute atomic E-state index is 6.09. The predicted molar refractivity (Wildman–Crippen MR) is 101 cm³/mol. The van der Waals surface area contributed by atoms with Gasteiger partial charge < -0.3 is 15.2 Å².